The monoisotopic (exact) mass is 468 g/mol. The van der Waals surface area contributed by atoms with Crippen LogP contribution in [0.25, 0.3) is 16.7 Å². The van der Waals surface area contributed by atoms with E-state index in [4.69, 9.17) is 9.47 Å². The number of alkyl halides is 3. The third kappa shape index (κ3) is 4.62. The minimum Gasteiger partial charge on any atom is -0.493 e. The first kappa shape index (κ1) is 23.7. The van der Waals surface area contributed by atoms with E-state index >= 15 is 0 Å². The molecule has 0 bridgehead atoms. The molecule has 0 N–H and O–H groups in total. The van der Waals surface area contributed by atoms with Gasteiger partial charge in [0.2, 0.25) is 0 Å². The summed E-state index contributed by atoms with van der Waals surface area (Å²) in [5, 5.41) is 0. The van der Waals surface area contributed by atoms with Gasteiger partial charge in [0, 0.05) is 5.56 Å². The quantitative estimate of drug-likeness (QED) is 0.318. The molecule has 0 heterocycles. The van der Waals surface area contributed by atoms with Gasteiger partial charge in [-0.15, -0.1) is 0 Å². The third-order valence-electron chi connectivity index (χ3n) is 5.15. The number of rotatable bonds is 4. The first-order valence-corrected chi connectivity index (χ1v) is 11.1. The van der Waals surface area contributed by atoms with E-state index < -0.39 is 21.4 Å². The summed E-state index contributed by atoms with van der Waals surface area (Å²) in [4.78, 5) is 0. The molecule has 5 nitrogen and oxygen atoms in total. The number of halogens is 3. The number of benzene rings is 2. The van der Waals surface area contributed by atoms with Crippen LogP contribution < -0.4 is 13.7 Å². The number of hydrogen-bond donors (Lipinski definition) is 0. The topological polar surface area (TPSA) is 61.8 Å². The van der Waals surface area contributed by atoms with E-state index in [1.807, 2.05) is 19.1 Å². The van der Waals surface area contributed by atoms with Crippen molar-refractivity contribution in [3.8, 4) is 28.4 Å². The van der Waals surface area contributed by atoms with Crippen molar-refractivity contribution in [2.24, 2.45) is 0 Å². The van der Waals surface area contributed by atoms with Crippen LogP contribution in [0.2, 0.25) is 0 Å². The molecule has 2 aromatic rings. The normalized spacial score (nSPS) is 16.3. The highest BCUT2D eigenvalue weighted by atomic mass is 32.2. The standard InChI is InChI=1S/C23H23F3O5S/c1-14-6-5-7-16-13-17(31-32(27,28)23(24,25)26)8-9-18(16)19-10-11-20(29-3)22(30-4)21(19)15(2)12-14/h6,8-11,13H,2,5,7,12H2,1,3-4H3/b14-6-. The molecule has 1 aliphatic rings. The molecular formula is C23H23F3O5S. The predicted octanol–water partition coefficient (Wildman–Crippen LogP) is 5.90. The summed E-state index contributed by atoms with van der Waals surface area (Å²) >= 11 is 0. The Kier molecular flexibility index (Phi) is 6.59. The third-order valence-corrected chi connectivity index (χ3v) is 6.13. The van der Waals surface area contributed by atoms with Crippen molar-refractivity contribution in [2.75, 3.05) is 14.2 Å². The fourth-order valence-corrected chi connectivity index (χ4v) is 4.19. The summed E-state index contributed by atoms with van der Waals surface area (Å²) in [6.07, 6.45) is 3.71. The Balaban J connectivity index is 2.22. The maximum absolute atomic E-state index is 12.8. The molecule has 9 heteroatoms. The minimum absolute atomic E-state index is 0.403. The number of ether oxygens (including phenoxy) is 2. The van der Waals surface area contributed by atoms with Crippen LogP contribution in [0.5, 0.6) is 17.2 Å². The maximum atomic E-state index is 12.8. The molecule has 32 heavy (non-hydrogen) atoms. The zero-order valence-electron chi connectivity index (χ0n) is 17.9. The fraction of sp³-hybridized carbons (Fsp3) is 0.304. The lowest BCUT2D eigenvalue weighted by Gasteiger charge is -2.22. The number of methoxy groups -OCH3 is 2. The lowest BCUT2D eigenvalue weighted by Crippen LogP contribution is -2.28. The van der Waals surface area contributed by atoms with E-state index in [0.717, 1.165) is 22.3 Å². The van der Waals surface area contributed by atoms with Crippen LogP contribution in [0.3, 0.4) is 0 Å². The zero-order chi connectivity index (χ0) is 23.7. The molecule has 172 valence electrons. The van der Waals surface area contributed by atoms with Gasteiger partial charge in [-0.2, -0.15) is 21.6 Å². The zero-order valence-corrected chi connectivity index (χ0v) is 18.7. The molecule has 0 saturated heterocycles. The Morgan fingerprint density at radius 2 is 1.72 bits per heavy atom. The Hall–Kier alpha value is -2.94. The van der Waals surface area contributed by atoms with Crippen molar-refractivity contribution >= 4 is 15.7 Å². The Labute approximate surface area is 185 Å². The molecule has 0 fully saturated rings. The number of fused-ring (bicyclic) bond motifs is 3. The molecule has 0 spiro atoms. The van der Waals surface area contributed by atoms with Crippen molar-refractivity contribution < 1.29 is 35.2 Å². The fourth-order valence-electron chi connectivity index (χ4n) is 3.74. The van der Waals surface area contributed by atoms with Crippen LogP contribution in [-0.4, -0.2) is 28.1 Å². The van der Waals surface area contributed by atoms with Gasteiger partial charge in [0.15, 0.2) is 11.5 Å². The number of hydrogen-bond acceptors (Lipinski definition) is 5. The first-order valence-electron chi connectivity index (χ1n) is 9.71. The summed E-state index contributed by atoms with van der Waals surface area (Å²) < 4.78 is 76.6. The molecule has 1 aliphatic carbocycles. The molecule has 0 amide bonds. The average Bonchev–Trinajstić information content (AvgIpc) is 2.71. The maximum Gasteiger partial charge on any atom is 0.534 e. The molecule has 3 rings (SSSR count). The molecule has 0 aromatic heterocycles. The SMILES string of the molecule is C=C1C/C(C)=C\CCc2cc(OS(=O)(=O)C(F)(F)F)ccc2-c2ccc(OC)c(OC)c21. The van der Waals surface area contributed by atoms with Gasteiger partial charge in [-0.3, -0.25) is 0 Å². The van der Waals surface area contributed by atoms with Crippen molar-refractivity contribution in [2.45, 2.75) is 31.7 Å². The van der Waals surface area contributed by atoms with E-state index in [9.17, 15) is 21.6 Å². The second-order valence-electron chi connectivity index (χ2n) is 7.40. The van der Waals surface area contributed by atoms with Gasteiger partial charge in [0.1, 0.15) is 5.75 Å². The van der Waals surface area contributed by atoms with Gasteiger partial charge in [-0.05, 0) is 72.7 Å². The van der Waals surface area contributed by atoms with Crippen molar-refractivity contribution in [3.05, 3.63) is 59.7 Å². The Bertz CT molecular complexity index is 1180. The Morgan fingerprint density at radius 1 is 1.03 bits per heavy atom. The highest BCUT2D eigenvalue weighted by Gasteiger charge is 2.48. The van der Waals surface area contributed by atoms with E-state index in [1.54, 1.807) is 12.1 Å². The summed E-state index contributed by atoms with van der Waals surface area (Å²) in [7, 11) is -2.72. The van der Waals surface area contributed by atoms with Crippen molar-refractivity contribution in [1.82, 2.24) is 0 Å². The number of allylic oxidation sites excluding steroid dienone is 3. The first-order chi connectivity index (χ1) is 15.0. The average molecular weight is 468 g/mol. The highest BCUT2D eigenvalue weighted by molar-refractivity contribution is 7.88. The summed E-state index contributed by atoms with van der Waals surface area (Å²) in [6.45, 7) is 6.19. The van der Waals surface area contributed by atoms with Gasteiger partial charge >= 0.3 is 15.6 Å². The van der Waals surface area contributed by atoms with Gasteiger partial charge in [-0.25, -0.2) is 0 Å². The van der Waals surface area contributed by atoms with E-state index in [1.165, 1.54) is 26.4 Å². The van der Waals surface area contributed by atoms with Crippen LogP contribution in [0.15, 0.2) is 48.6 Å². The van der Waals surface area contributed by atoms with Gasteiger partial charge in [0.25, 0.3) is 0 Å². The second kappa shape index (κ2) is 8.90. The highest BCUT2D eigenvalue weighted by Crippen LogP contribution is 2.45. The van der Waals surface area contributed by atoms with E-state index in [2.05, 4.69) is 10.8 Å². The van der Waals surface area contributed by atoms with Crippen LogP contribution in [0.1, 0.15) is 30.9 Å². The molecule has 0 atom stereocenters. The van der Waals surface area contributed by atoms with Crippen LogP contribution in [0.4, 0.5) is 13.2 Å². The van der Waals surface area contributed by atoms with Crippen LogP contribution in [0, 0.1) is 0 Å². The van der Waals surface area contributed by atoms with Crippen molar-refractivity contribution in [1.29, 1.82) is 0 Å². The minimum atomic E-state index is -5.77. The lowest BCUT2D eigenvalue weighted by atomic mass is 9.86. The molecule has 0 radical (unpaired) electrons. The number of aryl methyl sites for hydroxylation is 1. The Morgan fingerprint density at radius 3 is 2.34 bits per heavy atom. The van der Waals surface area contributed by atoms with Gasteiger partial charge < -0.3 is 13.7 Å². The molecule has 0 unspecified atom stereocenters. The molecule has 2 aromatic carbocycles. The van der Waals surface area contributed by atoms with E-state index in [-0.39, 0.29) is 0 Å². The molecule has 0 saturated carbocycles. The summed E-state index contributed by atoms with van der Waals surface area (Å²) in [5.74, 6) is 0.609. The van der Waals surface area contributed by atoms with Crippen molar-refractivity contribution in [3.63, 3.8) is 0 Å². The molecule has 0 aliphatic heterocycles. The van der Waals surface area contributed by atoms with E-state index in [0.29, 0.717) is 41.9 Å². The lowest BCUT2D eigenvalue weighted by molar-refractivity contribution is -0.0500. The van der Waals surface area contributed by atoms with Crippen LogP contribution >= 0.6 is 0 Å². The van der Waals surface area contributed by atoms with Crippen LogP contribution in [-0.2, 0) is 16.5 Å². The van der Waals surface area contributed by atoms with Gasteiger partial charge in [0.05, 0.1) is 14.2 Å². The summed E-state index contributed by atoms with van der Waals surface area (Å²) in [6, 6.07) is 7.65. The molecular weight excluding hydrogens is 445 g/mol. The predicted molar refractivity (Wildman–Crippen MR) is 116 cm³/mol. The summed E-state index contributed by atoms with van der Waals surface area (Å²) in [5.41, 5.74) is -0.833. The largest absolute Gasteiger partial charge is 0.534 e. The second-order valence-corrected chi connectivity index (χ2v) is 8.93. The smallest absolute Gasteiger partial charge is 0.493 e. The van der Waals surface area contributed by atoms with Gasteiger partial charge in [-0.1, -0.05) is 24.3 Å².